The lowest BCUT2D eigenvalue weighted by Gasteiger charge is -1.96. The number of fused-ring (bicyclic) bond motifs is 1. The number of benzene rings is 1. The van der Waals surface area contributed by atoms with Gasteiger partial charge in [0, 0.05) is 5.39 Å². The normalized spacial score (nSPS) is 11.9. The van der Waals surface area contributed by atoms with E-state index >= 15 is 0 Å². The van der Waals surface area contributed by atoms with Gasteiger partial charge in [0.2, 0.25) is 0 Å². The van der Waals surface area contributed by atoms with Crippen LogP contribution in [0.5, 0.6) is 0 Å². The van der Waals surface area contributed by atoms with Crippen molar-refractivity contribution < 1.29 is 14.4 Å². The van der Waals surface area contributed by atoms with Gasteiger partial charge in [0.15, 0.2) is 17.8 Å². The third-order valence-corrected chi connectivity index (χ3v) is 2.48. The molecule has 0 fully saturated rings. The molecule has 0 aliphatic heterocycles. The maximum atomic E-state index is 10.6. The first kappa shape index (κ1) is 10.4. The molecule has 2 aromatic rings. The maximum Gasteiger partial charge on any atom is 0.184 e. The van der Waals surface area contributed by atoms with E-state index in [2.05, 4.69) is 5.16 Å². The van der Waals surface area contributed by atoms with Gasteiger partial charge in [-0.15, -0.1) is 0 Å². The summed E-state index contributed by atoms with van der Waals surface area (Å²) in [4.78, 5) is 10.6. The van der Waals surface area contributed by atoms with Gasteiger partial charge in [-0.25, -0.2) is 0 Å². The summed E-state index contributed by atoms with van der Waals surface area (Å²) in [5, 5.41) is 12.4. The monoisotopic (exact) mass is 217 g/mol. The van der Waals surface area contributed by atoms with Crippen LogP contribution in [-0.4, -0.2) is 17.2 Å². The Bertz CT molecular complexity index is 554. The Kier molecular flexibility index (Phi) is 2.72. The third kappa shape index (κ3) is 1.58. The van der Waals surface area contributed by atoms with Crippen molar-refractivity contribution in [1.82, 2.24) is 0 Å². The molecule has 4 nitrogen and oxygen atoms in total. The predicted molar refractivity (Wildman–Crippen MR) is 60.0 cm³/mol. The number of para-hydroxylation sites is 1. The Balaban J connectivity index is 2.64. The van der Waals surface area contributed by atoms with Crippen LogP contribution in [0.1, 0.15) is 18.2 Å². The Hall–Kier alpha value is -2.10. The van der Waals surface area contributed by atoms with Crippen molar-refractivity contribution in [2.75, 3.05) is 0 Å². The molecular weight excluding hydrogens is 206 g/mol. The van der Waals surface area contributed by atoms with E-state index < -0.39 is 0 Å². The molecule has 0 aliphatic carbocycles. The van der Waals surface area contributed by atoms with Crippen molar-refractivity contribution in [3.05, 3.63) is 35.6 Å². The quantitative estimate of drug-likeness (QED) is 0.371. The molecule has 2 rings (SSSR count). The maximum absolute atomic E-state index is 10.6. The highest BCUT2D eigenvalue weighted by Crippen LogP contribution is 2.23. The van der Waals surface area contributed by atoms with Gasteiger partial charge >= 0.3 is 0 Å². The van der Waals surface area contributed by atoms with Crippen LogP contribution in [0.15, 0.2) is 33.8 Å². The van der Waals surface area contributed by atoms with E-state index in [0.717, 1.165) is 23.0 Å². The van der Waals surface area contributed by atoms with Crippen LogP contribution >= 0.6 is 0 Å². The molecule has 1 heterocycles. The molecule has 0 saturated heterocycles. The van der Waals surface area contributed by atoms with E-state index in [1.54, 1.807) is 6.07 Å². The summed E-state index contributed by atoms with van der Waals surface area (Å²) in [5.41, 5.74) is 1.70. The number of nitrogens with zero attached hydrogens (tertiary/aromatic N) is 1. The minimum Gasteiger partial charge on any atom is -0.454 e. The lowest BCUT2D eigenvalue weighted by Crippen LogP contribution is -1.99. The molecular formula is C12H11NO3. The SMILES string of the molecule is CCc1cccc2cc(C(C=O)=NO)oc12. The number of furan rings is 1. The highest BCUT2D eigenvalue weighted by atomic mass is 16.4. The minimum absolute atomic E-state index is 0.0988. The molecule has 0 aliphatic rings. The van der Waals surface area contributed by atoms with Gasteiger partial charge < -0.3 is 9.62 Å². The molecule has 1 N–H and O–H groups in total. The Morgan fingerprint density at radius 1 is 1.56 bits per heavy atom. The lowest BCUT2D eigenvalue weighted by molar-refractivity contribution is -0.102. The van der Waals surface area contributed by atoms with Crippen LogP contribution in [0.25, 0.3) is 11.0 Å². The van der Waals surface area contributed by atoms with Crippen molar-refractivity contribution in [3.63, 3.8) is 0 Å². The zero-order valence-corrected chi connectivity index (χ0v) is 8.80. The highest BCUT2D eigenvalue weighted by Gasteiger charge is 2.11. The molecule has 0 amide bonds. The second-order valence-corrected chi connectivity index (χ2v) is 3.40. The van der Waals surface area contributed by atoms with Crippen molar-refractivity contribution >= 4 is 23.0 Å². The average Bonchev–Trinajstić information content (AvgIpc) is 2.73. The number of carbonyl (C=O) groups is 1. The molecule has 0 saturated carbocycles. The fraction of sp³-hybridized carbons (Fsp3) is 0.167. The van der Waals surface area contributed by atoms with E-state index in [-0.39, 0.29) is 11.5 Å². The van der Waals surface area contributed by atoms with Gasteiger partial charge in [-0.3, -0.25) is 4.79 Å². The number of aldehydes is 1. The summed E-state index contributed by atoms with van der Waals surface area (Å²) in [6.45, 7) is 2.03. The van der Waals surface area contributed by atoms with Crippen molar-refractivity contribution in [2.24, 2.45) is 5.16 Å². The van der Waals surface area contributed by atoms with Gasteiger partial charge in [-0.05, 0) is 18.1 Å². The Labute approximate surface area is 92.2 Å². The van der Waals surface area contributed by atoms with Crippen molar-refractivity contribution in [2.45, 2.75) is 13.3 Å². The standard InChI is InChI=1S/C12H11NO3/c1-2-8-4-3-5-9-6-11(16-12(8)9)10(7-14)13-15/h3-7,15H,2H2,1H3. The summed E-state index contributed by atoms with van der Waals surface area (Å²) in [5.74, 6) is 0.286. The Morgan fingerprint density at radius 2 is 2.38 bits per heavy atom. The number of hydrogen-bond donors (Lipinski definition) is 1. The van der Waals surface area contributed by atoms with Crippen LogP contribution in [-0.2, 0) is 11.2 Å². The topological polar surface area (TPSA) is 62.8 Å². The summed E-state index contributed by atoms with van der Waals surface area (Å²) < 4.78 is 5.51. The van der Waals surface area contributed by atoms with Gasteiger partial charge in [-0.1, -0.05) is 30.3 Å². The molecule has 0 spiro atoms. The first-order valence-electron chi connectivity index (χ1n) is 4.99. The third-order valence-electron chi connectivity index (χ3n) is 2.48. The van der Waals surface area contributed by atoms with Crippen LogP contribution in [0.3, 0.4) is 0 Å². The summed E-state index contributed by atoms with van der Waals surface area (Å²) >= 11 is 0. The first-order chi connectivity index (χ1) is 7.80. The summed E-state index contributed by atoms with van der Waals surface area (Å²) in [7, 11) is 0. The number of rotatable bonds is 3. The van der Waals surface area contributed by atoms with Crippen molar-refractivity contribution in [1.29, 1.82) is 0 Å². The molecule has 0 unspecified atom stereocenters. The second-order valence-electron chi connectivity index (χ2n) is 3.40. The summed E-state index contributed by atoms with van der Waals surface area (Å²) in [6, 6.07) is 7.47. The van der Waals surface area contributed by atoms with Crippen LogP contribution in [0, 0.1) is 0 Å². The molecule has 0 bridgehead atoms. The largest absolute Gasteiger partial charge is 0.454 e. The van der Waals surface area contributed by atoms with Crippen molar-refractivity contribution in [3.8, 4) is 0 Å². The van der Waals surface area contributed by atoms with Crippen LogP contribution in [0.2, 0.25) is 0 Å². The molecule has 0 radical (unpaired) electrons. The minimum atomic E-state index is -0.0988. The fourth-order valence-corrected chi connectivity index (χ4v) is 1.66. The predicted octanol–water partition coefficient (Wildman–Crippen LogP) is 2.37. The van der Waals surface area contributed by atoms with E-state index in [1.165, 1.54) is 0 Å². The van der Waals surface area contributed by atoms with Crippen LogP contribution < -0.4 is 0 Å². The van der Waals surface area contributed by atoms with Gasteiger partial charge in [0.25, 0.3) is 0 Å². The highest BCUT2D eigenvalue weighted by molar-refractivity contribution is 6.35. The van der Waals surface area contributed by atoms with E-state index in [1.807, 2.05) is 25.1 Å². The van der Waals surface area contributed by atoms with E-state index in [9.17, 15) is 4.79 Å². The second kappa shape index (κ2) is 4.18. The lowest BCUT2D eigenvalue weighted by atomic mass is 10.1. The van der Waals surface area contributed by atoms with E-state index in [4.69, 9.17) is 9.62 Å². The van der Waals surface area contributed by atoms with Crippen LogP contribution in [0.4, 0.5) is 0 Å². The number of carbonyl (C=O) groups excluding carboxylic acids is 1. The van der Waals surface area contributed by atoms with Gasteiger partial charge in [-0.2, -0.15) is 0 Å². The molecule has 16 heavy (non-hydrogen) atoms. The molecule has 1 aromatic carbocycles. The number of hydrogen-bond acceptors (Lipinski definition) is 4. The average molecular weight is 217 g/mol. The summed E-state index contributed by atoms with van der Waals surface area (Å²) in [6.07, 6.45) is 1.31. The fourth-order valence-electron chi connectivity index (χ4n) is 1.66. The zero-order chi connectivity index (χ0) is 11.5. The number of aryl methyl sites for hydroxylation is 1. The molecule has 4 heteroatoms. The number of oxime groups is 1. The smallest absolute Gasteiger partial charge is 0.184 e. The van der Waals surface area contributed by atoms with E-state index in [0.29, 0.717) is 6.29 Å². The first-order valence-corrected chi connectivity index (χ1v) is 4.99. The zero-order valence-electron chi connectivity index (χ0n) is 8.80. The Morgan fingerprint density at radius 3 is 3.00 bits per heavy atom. The molecule has 82 valence electrons. The molecule has 0 atom stereocenters. The van der Waals surface area contributed by atoms with Gasteiger partial charge in [0.1, 0.15) is 5.58 Å². The van der Waals surface area contributed by atoms with Gasteiger partial charge in [0.05, 0.1) is 0 Å². The molecule has 1 aromatic heterocycles.